The molecule has 4 heteroatoms. The third kappa shape index (κ3) is 2.17. The van der Waals surface area contributed by atoms with Crippen molar-refractivity contribution in [2.75, 3.05) is 5.32 Å². The molecule has 0 unspecified atom stereocenters. The van der Waals surface area contributed by atoms with Crippen molar-refractivity contribution in [3.63, 3.8) is 0 Å². The third-order valence-electron chi connectivity index (χ3n) is 1.32. The van der Waals surface area contributed by atoms with E-state index in [0.29, 0.717) is 5.13 Å². The molecule has 0 aromatic carbocycles. The smallest absolute Gasteiger partial charge is 0.249 e. The van der Waals surface area contributed by atoms with Gasteiger partial charge in [-0.1, -0.05) is 13.5 Å². The van der Waals surface area contributed by atoms with Gasteiger partial charge in [0.1, 0.15) is 0 Å². The number of hydrogen-bond acceptors (Lipinski definition) is 3. The molecule has 0 saturated carbocycles. The quantitative estimate of drug-likeness (QED) is 0.724. The molecule has 0 aliphatic heterocycles. The van der Waals surface area contributed by atoms with Crippen molar-refractivity contribution in [1.29, 1.82) is 0 Å². The number of amides is 1. The van der Waals surface area contributed by atoms with Gasteiger partial charge in [-0.05, 0) is 12.5 Å². The molecule has 0 bridgehead atoms. The van der Waals surface area contributed by atoms with Gasteiger partial charge in [0.15, 0.2) is 5.13 Å². The molecule has 0 spiro atoms. The summed E-state index contributed by atoms with van der Waals surface area (Å²) in [5.41, 5.74) is 0. The molecule has 0 saturated heterocycles. The normalized spacial score (nSPS) is 9.42. The van der Waals surface area contributed by atoms with Gasteiger partial charge in [-0.3, -0.25) is 10.1 Å². The molecule has 0 aliphatic carbocycles. The first-order valence-electron chi connectivity index (χ1n) is 3.64. The van der Waals surface area contributed by atoms with Crippen molar-refractivity contribution < 1.29 is 4.79 Å². The van der Waals surface area contributed by atoms with Crippen molar-refractivity contribution in [2.45, 2.75) is 13.3 Å². The van der Waals surface area contributed by atoms with Crippen LogP contribution in [0.25, 0.3) is 0 Å². The molecule has 1 rings (SSSR count). The van der Waals surface area contributed by atoms with E-state index in [1.54, 1.807) is 6.20 Å². The predicted molar refractivity (Wildman–Crippen MR) is 50.3 cm³/mol. The zero-order chi connectivity index (χ0) is 8.97. The van der Waals surface area contributed by atoms with Crippen LogP contribution < -0.4 is 5.32 Å². The van der Waals surface area contributed by atoms with Crippen LogP contribution in [-0.4, -0.2) is 10.9 Å². The van der Waals surface area contributed by atoms with Crippen molar-refractivity contribution in [3.05, 3.63) is 23.7 Å². The van der Waals surface area contributed by atoms with Crippen molar-refractivity contribution >= 4 is 22.4 Å². The Kier molecular flexibility index (Phi) is 2.99. The summed E-state index contributed by atoms with van der Waals surface area (Å²) in [6.45, 7) is 5.40. The summed E-state index contributed by atoms with van der Waals surface area (Å²) in [5.74, 6) is -0.216. The predicted octanol–water partition coefficient (Wildman–Crippen LogP) is 1.83. The number of hydrogen-bond donors (Lipinski definition) is 1. The Morgan fingerprint density at radius 2 is 2.67 bits per heavy atom. The number of aromatic nitrogens is 1. The third-order valence-corrected chi connectivity index (χ3v) is 2.37. The number of nitrogens with one attached hydrogen (secondary N) is 1. The summed E-state index contributed by atoms with van der Waals surface area (Å²) in [6.07, 6.45) is 3.94. The van der Waals surface area contributed by atoms with Crippen molar-refractivity contribution in [3.8, 4) is 0 Å². The Morgan fingerprint density at radius 3 is 3.17 bits per heavy atom. The maximum absolute atomic E-state index is 10.8. The number of carbonyl (C=O) groups excluding carboxylic acids is 1. The van der Waals surface area contributed by atoms with Gasteiger partial charge in [-0.15, -0.1) is 11.3 Å². The molecule has 12 heavy (non-hydrogen) atoms. The second-order valence-corrected chi connectivity index (χ2v) is 3.29. The van der Waals surface area contributed by atoms with E-state index in [-0.39, 0.29) is 5.91 Å². The van der Waals surface area contributed by atoms with E-state index < -0.39 is 0 Å². The molecule has 1 N–H and O–H groups in total. The lowest BCUT2D eigenvalue weighted by molar-refractivity contribution is -0.111. The summed E-state index contributed by atoms with van der Waals surface area (Å²) in [5, 5.41) is 3.23. The van der Waals surface area contributed by atoms with Gasteiger partial charge >= 0.3 is 0 Å². The first kappa shape index (κ1) is 8.93. The summed E-state index contributed by atoms with van der Waals surface area (Å²) >= 11 is 1.49. The largest absolute Gasteiger partial charge is 0.298 e. The van der Waals surface area contributed by atoms with Crippen LogP contribution in [0.5, 0.6) is 0 Å². The van der Waals surface area contributed by atoms with Gasteiger partial charge in [0.05, 0.1) is 0 Å². The molecular weight excluding hydrogens is 172 g/mol. The van der Waals surface area contributed by atoms with E-state index in [2.05, 4.69) is 16.9 Å². The monoisotopic (exact) mass is 182 g/mol. The fourth-order valence-corrected chi connectivity index (χ4v) is 1.44. The fraction of sp³-hybridized carbons (Fsp3) is 0.250. The molecular formula is C8H10N2OS. The molecule has 1 aromatic rings. The first-order chi connectivity index (χ1) is 5.76. The number of carbonyl (C=O) groups is 1. The Hall–Kier alpha value is -1.16. The van der Waals surface area contributed by atoms with E-state index in [1.165, 1.54) is 17.4 Å². The maximum Gasteiger partial charge on any atom is 0.249 e. The van der Waals surface area contributed by atoms with Gasteiger partial charge < -0.3 is 0 Å². The molecule has 1 aromatic heterocycles. The highest BCUT2D eigenvalue weighted by atomic mass is 32.1. The highest BCUT2D eigenvalue weighted by Gasteiger charge is 2.01. The SMILES string of the molecule is C=CC(=O)Nc1ncc(CC)s1. The summed E-state index contributed by atoms with van der Waals surface area (Å²) in [4.78, 5) is 16.0. The lowest BCUT2D eigenvalue weighted by Gasteiger charge is -1.92. The number of thiazole rings is 1. The van der Waals surface area contributed by atoms with Crippen LogP contribution in [0.15, 0.2) is 18.9 Å². The maximum atomic E-state index is 10.8. The number of aryl methyl sites for hydroxylation is 1. The van der Waals surface area contributed by atoms with E-state index in [1.807, 2.05) is 6.92 Å². The molecule has 3 nitrogen and oxygen atoms in total. The Bertz CT molecular complexity index is 293. The molecule has 1 heterocycles. The lowest BCUT2D eigenvalue weighted by Crippen LogP contribution is -2.06. The average molecular weight is 182 g/mol. The number of nitrogens with zero attached hydrogens (tertiary/aromatic N) is 1. The number of anilines is 1. The zero-order valence-electron chi connectivity index (χ0n) is 6.83. The summed E-state index contributed by atoms with van der Waals surface area (Å²) < 4.78 is 0. The first-order valence-corrected chi connectivity index (χ1v) is 4.46. The minimum Gasteiger partial charge on any atom is -0.298 e. The van der Waals surface area contributed by atoms with Gasteiger partial charge in [0.25, 0.3) is 0 Å². The van der Waals surface area contributed by atoms with Crippen LogP contribution in [0, 0.1) is 0 Å². The second kappa shape index (κ2) is 4.01. The van der Waals surface area contributed by atoms with Gasteiger partial charge in [0.2, 0.25) is 5.91 Å². The van der Waals surface area contributed by atoms with Crippen LogP contribution in [0.1, 0.15) is 11.8 Å². The molecule has 0 fully saturated rings. The van der Waals surface area contributed by atoms with Gasteiger partial charge in [-0.2, -0.15) is 0 Å². The van der Waals surface area contributed by atoms with E-state index >= 15 is 0 Å². The van der Waals surface area contributed by atoms with Crippen LogP contribution in [-0.2, 0) is 11.2 Å². The van der Waals surface area contributed by atoms with Crippen LogP contribution in [0.2, 0.25) is 0 Å². The Balaban J connectivity index is 2.63. The van der Waals surface area contributed by atoms with Gasteiger partial charge in [-0.25, -0.2) is 4.98 Å². The van der Waals surface area contributed by atoms with E-state index in [4.69, 9.17) is 0 Å². The minimum atomic E-state index is -0.216. The van der Waals surface area contributed by atoms with Crippen molar-refractivity contribution in [1.82, 2.24) is 4.98 Å². The molecule has 0 radical (unpaired) electrons. The van der Waals surface area contributed by atoms with E-state index in [9.17, 15) is 4.79 Å². The van der Waals surface area contributed by atoms with Gasteiger partial charge in [0, 0.05) is 11.1 Å². The fourth-order valence-electron chi connectivity index (χ4n) is 0.685. The molecule has 64 valence electrons. The minimum absolute atomic E-state index is 0.216. The topological polar surface area (TPSA) is 42.0 Å². The van der Waals surface area contributed by atoms with Crippen LogP contribution in [0.4, 0.5) is 5.13 Å². The zero-order valence-corrected chi connectivity index (χ0v) is 7.65. The lowest BCUT2D eigenvalue weighted by atomic mass is 10.4. The number of rotatable bonds is 3. The molecule has 1 amide bonds. The second-order valence-electron chi connectivity index (χ2n) is 2.18. The Morgan fingerprint density at radius 1 is 1.92 bits per heavy atom. The molecule has 0 aliphatic rings. The van der Waals surface area contributed by atoms with E-state index in [0.717, 1.165) is 11.3 Å². The highest BCUT2D eigenvalue weighted by Crippen LogP contribution is 2.17. The van der Waals surface area contributed by atoms with Crippen molar-refractivity contribution in [2.24, 2.45) is 0 Å². The van der Waals surface area contributed by atoms with Crippen LogP contribution >= 0.6 is 11.3 Å². The Labute approximate surface area is 75.1 Å². The standard InChI is InChI=1S/C8H10N2OS/c1-3-6-5-9-8(12-6)10-7(11)4-2/h4-5H,2-3H2,1H3,(H,9,10,11). The van der Waals surface area contributed by atoms with Crippen LogP contribution in [0.3, 0.4) is 0 Å². The summed E-state index contributed by atoms with van der Waals surface area (Å²) in [6, 6.07) is 0. The highest BCUT2D eigenvalue weighted by molar-refractivity contribution is 7.15. The average Bonchev–Trinajstić information content (AvgIpc) is 2.52. The summed E-state index contributed by atoms with van der Waals surface area (Å²) in [7, 11) is 0. The molecule has 0 atom stereocenters.